The molecule has 1 unspecified atom stereocenters. The third-order valence-corrected chi connectivity index (χ3v) is 6.13. The summed E-state index contributed by atoms with van der Waals surface area (Å²) in [4.78, 5) is 0.431. The molecular weight excluding hydrogens is 276 g/mol. The van der Waals surface area contributed by atoms with Crippen molar-refractivity contribution in [3.8, 4) is 0 Å². The van der Waals surface area contributed by atoms with E-state index >= 15 is 0 Å². The predicted octanol–water partition coefficient (Wildman–Crippen LogP) is 1.05. The number of nitrogens with one attached hydrogen (secondary N) is 1. The first kappa shape index (κ1) is 13.9. The molecule has 2 heterocycles. The van der Waals surface area contributed by atoms with Gasteiger partial charge in [0.2, 0.25) is 10.0 Å². The van der Waals surface area contributed by atoms with Crippen molar-refractivity contribution < 1.29 is 13.5 Å². The molecule has 6 heteroatoms. The molecule has 0 radical (unpaired) electrons. The second-order valence-electron chi connectivity index (χ2n) is 5.51. The molecule has 2 aliphatic rings. The Bertz CT molecular complexity index is 600. The average molecular weight is 296 g/mol. The number of aliphatic hydroxyl groups is 1. The Labute approximate surface area is 119 Å². The van der Waals surface area contributed by atoms with Gasteiger partial charge in [-0.3, -0.25) is 0 Å². The fourth-order valence-electron chi connectivity index (χ4n) is 3.02. The van der Waals surface area contributed by atoms with Crippen molar-refractivity contribution in [3.63, 3.8) is 0 Å². The molecule has 0 aromatic heterocycles. The first-order valence-electron chi connectivity index (χ1n) is 7.09. The molecule has 1 fully saturated rings. The summed E-state index contributed by atoms with van der Waals surface area (Å²) in [6.45, 7) is 1.88. The summed E-state index contributed by atoms with van der Waals surface area (Å²) in [5, 5.41) is 12.4. The Morgan fingerprint density at radius 2 is 2.25 bits per heavy atom. The topological polar surface area (TPSA) is 69.6 Å². The zero-order valence-electron chi connectivity index (χ0n) is 11.4. The molecule has 1 aromatic rings. The van der Waals surface area contributed by atoms with E-state index < -0.39 is 10.0 Å². The van der Waals surface area contributed by atoms with Gasteiger partial charge < -0.3 is 10.4 Å². The van der Waals surface area contributed by atoms with E-state index in [9.17, 15) is 13.5 Å². The van der Waals surface area contributed by atoms with E-state index in [-0.39, 0.29) is 12.5 Å². The van der Waals surface area contributed by atoms with E-state index in [4.69, 9.17) is 0 Å². The van der Waals surface area contributed by atoms with Crippen LogP contribution in [0.3, 0.4) is 0 Å². The molecule has 0 saturated carbocycles. The van der Waals surface area contributed by atoms with Crippen molar-refractivity contribution in [1.29, 1.82) is 0 Å². The number of nitrogens with zero attached hydrogens (tertiary/aromatic N) is 1. The van der Waals surface area contributed by atoms with E-state index in [0.29, 0.717) is 18.0 Å². The second kappa shape index (κ2) is 5.35. The Balaban J connectivity index is 1.96. The van der Waals surface area contributed by atoms with Gasteiger partial charge in [-0.05, 0) is 42.9 Å². The highest BCUT2D eigenvalue weighted by Gasteiger charge is 2.34. The quantitative estimate of drug-likeness (QED) is 0.874. The Morgan fingerprint density at radius 3 is 3.00 bits per heavy atom. The normalized spacial score (nSPS) is 23.4. The highest BCUT2D eigenvalue weighted by atomic mass is 32.2. The van der Waals surface area contributed by atoms with Gasteiger partial charge in [0.25, 0.3) is 0 Å². The van der Waals surface area contributed by atoms with Crippen LogP contribution in [-0.2, 0) is 16.4 Å². The van der Waals surface area contributed by atoms with Crippen molar-refractivity contribution in [1.82, 2.24) is 4.31 Å². The predicted molar refractivity (Wildman–Crippen MR) is 77.2 cm³/mol. The van der Waals surface area contributed by atoms with Gasteiger partial charge in [-0.15, -0.1) is 0 Å². The summed E-state index contributed by atoms with van der Waals surface area (Å²) in [7, 11) is -3.44. The van der Waals surface area contributed by atoms with Gasteiger partial charge in [-0.1, -0.05) is 6.07 Å². The largest absolute Gasteiger partial charge is 0.396 e. The smallest absolute Gasteiger partial charge is 0.243 e. The van der Waals surface area contributed by atoms with E-state index in [2.05, 4.69) is 5.32 Å². The molecule has 3 rings (SSSR count). The number of aliphatic hydroxyl groups excluding tert-OH is 1. The van der Waals surface area contributed by atoms with Crippen LogP contribution < -0.4 is 5.32 Å². The molecule has 20 heavy (non-hydrogen) atoms. The van der Waals surface area contributed by atoms with Crippen LogP contribution in [0.5, 0.6) is 0 Å². The summed E-state index contributed by atoms with van der Waals surface area (Å²) >= 11 is 0. The van der Waals surface area contributed by atoms with E-state index in [1.165, 1.54) is 4.31 Å². The van der Waals surface area contributed by atoms with Gasteiger partial charge in [-0.2, -0.15) is 4.31 Å². The lowest BCUT2D eigenvalue weighted by molar-refractivity contribution is 0.233. The first-order chi connectivity index (χ1) is 9.63. The highest BCUT2D eigenvalue weighted by molar-refractivity contribution is 7.89. The number of sulfonamides is 1. The van der Waals surface area contributed by atoms with Crippen LogP contribution in [0.25, 0.3) is 0 Å². The van der Waals surface area contributed by atoms with Crippen LogP contribution in [0.2, 0.25) is 0 Å². The van der Waals surface area contributed by atoms with Gasteiger partial charge >= 0.3 is 0 Å². The fraction of sp³-hybridized carbons (Fsp3) is 0.571. The zero-order chi connectivity index (χ0) is 14.2. The third kappa shape index (κ3) is 2.32. The summed E-state index contributed by atoms with van der Waals surface area (Å²) < 4.78 is 27.1. The molecule has 0 spiro atoms. The molecule has 1 aromatic carbocycles. The summed E-state index contributed by atoms with van der Waals surface area (Å²) in [5.74, 6) is 0.0717. The molecule has 1 saturated heterocycles. The lowest BCUT2D eigenvalue weighted by Gasteiger charge is -2.23. The van der Waals surface area contributed by atoms with Crippen molar-refractivity contribution in [3.05, 3.63) is 23.8 Å². The summed E-state index contributed by atoms with van der Waals surface area (Å²) in [6.07, 6.45) is 2.50. The van der Waals surface area contributed by atoms with Crippen molar-refractivity contribution in [2.24, 2.45) is 5.92 Å². The zero-order valence-corrected chi connectivity index (χ0v) is 12.2. The second-order valence-corrected chi connectivity index (χ2v) is 7.42. The maximum absolute atomic E-state index is 12.8. The van der Waals surface area contributed by atoms with Crippen LogP contribution in [-0.4, -0.2) is 44.1 Å². The maximum atomic E-state index is 12.8. The molecule has 2 N–H and O–H groups in total. The van der Waals surface area contributed by atoms with Crippen LogP contribution in [0, 0.1) is 5.92 Å². The molecule has 0 amide bonds. The van der Waals surface area contributed by atoms with Crippen molar-refractivity contribution >= 4 is 15.7 Å². The minimum Gasteiger partial charge on any atom is -0.396 e. The highest BCUT2D eigenvalue weighted by Crippen LogP contribution is 2.32. The number of rotatable bonds is 3. The number of hydrogen-bond donors (Lipinski definition) is 2. The SMILES string of the molecule is O=S(=O)(c1cccc2c1CCCN2)N1CCC(CO)C1. The lowest BCUT2D eigenvalue weighted by Crippen LogP contribution is -2.30. The van der Waals surface area contributed by atoms with Gasteiger partial charge in [0.05, 0.1) is 4.90 Å². The standard InChI is InChI=1S/C14H20N2O3S/c17-10-11-6-8-16(9-11)20(18,19)14-5-1-4-13-12(14)3-2-7-15-13/h1,4-5,11,15,17H,2-3,6-10H2. The van der Waals surface area contributed by atoms with Gasteiger partial charge in [0.1, 0.15) is 0 Å². The van der Waals surface area contributed by atoms with Crippen LogP contribution in [0.15, 0.2) is 23.1 Å². The van der Waals surface area contributed by atoms with Crippen LogP contribution >= 0.6 is 0 Å². The molecule has 110 valence electrons. The molecule has 0 bridgehead atoms. The number of anilines is 1. The number of benzene rings is 1. The fourth-order valence-corrected chi connectivity index (χ4v) is 4.83. The van der Waals surface area contributed by atoms with E-state index in [1.807, 2.05) is 6.07 Å². The number of hydrogen-bond acceptors (Lipinski definition) is 4. The summed E-state index contributed by atoms with van der Waals surface area (Å²) in [6, 6.07) is 5.44. The Morgan fingerprint density at radius 1 is 1.40 bits per heavy atom. The average Bonchev–Trinajstić information content (AvgIpc) is 2.96. The monoisotopic (exact) mass is 296 g/mol. The number of fused-ring (bicyclic) bond motifs is 1. The third-order valence-electron chi connectivity index (χ3n) is 4.18. The van der Waals surface area contributed by atoms with E-state index in [0.717, 1.165) is 37.1 Å². The van der Waals surface area contributed by atoms with Crippen LogP contribution in [0.4, 0.5) is 5.69 Å². The molecule has 2 aliphatic heterocycles. The van der Waals surface area contributed by atoms with Gasteiger partial charge in [0.15, 0.2) is 0 Å². The molecular formula is C14H20N2O3S. The lowest BCUT2D eigenvalue weighted by atomic mass is 10.0. The van der Waals surface area contributed by atoms with Crippen LogP contribution in [0.1, 0.15) is 18.4 Å². The van der Waals surface area contributed by atoms with E-state index in [1.54, 1.807) is 12.1 Å². The van der Waals surface area contributed by atoms with Crippen molar-refractivity contribution in [2.75, 3.05) is 31.6 Å². The van der Waals surface area contributed by atoms with Gasteiger partial charge in [-0.25, -0.2) is 8.42 Å². The Hall–Kier alpha value is -1.11. The minimum atomic E-state index is -3.44. The molecule has 5 nitrogen and oxygen atoms in total. The Kier molecular flexibility index (Phi) is 3.70. The summed E-state index contributed by atoms with van der Waals surface area (Å²) in [5.41, 5.74) is 1.85. The minimum absolute atomic E-state index is 0.0560. The molecule has 0 aliphatic carbocycles. The maximum Gasteiger partial charge on any atom is 0.243 e. The first-order valence-corrected chi connectivity index (χ1v) is 8.53. The van der Waals surface area contributed by atoms with Gasteiger partial charge in [0, 0.05) is 31.9 Å². The van der Waals surface area contributed by atoms with Crippen molar-refractivity contribution in [2.45, 2.75) is 24.2 Å². The molecule has 1 atom stereocenters.